The van der Waals surface area contributed by atoms with Crippen LogP contribution in [0.5, 0.6) is 0 Å². The van der Waals surface area contributed by atoms with Crippen molar-refractivity contribution in [3.8, 4) is 0 Å². The summed E-state index contributed by atoms with van der Waals surface area (Å²) in [6.45, 7) is 2.15. The van der Waals surface area contributed by atoms with Gasteiger partial charge in [-0.1, -0.05) is 104 Å². The fourth-order valence-corrected chi connectivity index (χ4v) is 5.85. The van der Waals surface area contributed by atoms with E-state index in [2.05, 4.69) is 5.32 Å². The summed E-state index contributed by atoms with van der Waals surface area (Å²) in [5.41, 5.74) is 2.06. The number of hydrogen-bond donors (Lipinski definition) is 1. The molecule has 4 rings (SSSR count). The summed E-state index contributed by atoms with van der Waals surface area (Å²) in [6.07, 6.45) is 3.07. The highest BCUT2D eigenvalue weighted by atomic mass is 35.5. The van der Waals surface area contributed by atoms with Gasteiger partial charge < -0.3 is 10.2 Å². The minimum absolute atomic E-state index is 0.0990. The lowest BCUT2D eigenvalue weighted by Gasteiger charge is -2.33. The topological polar surface area (TPSA) is 86.8 Å². The molecule has 7 nitrogen and oxygen atoms in total. The third-order valence-corrected chi connectivity index (χ3v) is 8.46. The standard InChI is InChI=1S/C33H36ClN3O4S/c1-3-4-21-35-33(39)31(22-25-11-6-5-7-12-25)36(23-26-17-19-28(34)20-18-26)32(38)24-37(42(2,40)41)30-16-10-14-27-13-8-9-15-29(27)30/h5-20,31H,3-4,21-24H2,1-2H3,(H,35,39)/t31-/m0/s1. The second kappa shape index (κ2) is 14.3. The molecule has 2 amide bonds. The molecule has 4 aromatic carbocycles. The number of hydrogen-bond acceptors (Lipinski definition) is 4. The van der Waals surface area contributed by atoms with Gasteiger partial charge in [-0.05, 0) is 41.1 Å². The number of amides is 2. The van der Waals surface area contributed by atoms with E-state index in [9.17, 15) is 18.0 Å². The highest BCUT2D eigenvalue weighted by Crippen LogP contribution is 2.29. The Morgan fingerprint density at radius 3 is 2.21 bits per heavy atom. The molecule has 4 aromatic rings. The monoisotopic (exact) mass is 605 g/mol. The molecule has 0 aromatic heterocycles. The van der Waals surface area contributed by atoms with Crippen molar-refractivity contribution < 1.29 is 18.0 Å². The Balaban J connectivity index is 1.76. The second-order valence-electron chi connectivity index (χ2n) is 10.3. The first-order valence-electron chi connectivity index (χ1n) is 14.0. The van der Waals surface area contributed by atoms with E-state index in [-0.39, 0.29) is 18.9 Å². The van der Waals surface area contributed by atoms with Gasteiger partial charge in [-0.3, -0.25) is 13.9 Å². The lowest BCUT2D eigenvalue weighted by Crippen LogP contribution is -2.53. The lowest BCUT2D eigenvalue weighted by molar-refractivity contribution is -0.140. The number of benzene rings is 4. The van der Waals surface area contributed by atoms with Gasteiger partial charge in [0.05, 0.1) is 11.9 Å². The molecule has 42 heavy (non-hydrogen) atoms. The van der Waals surface area contributed by atoms with Gasteiger partial charge in [0.1, 0.15) is 12.6 Å². The summed E-state index contributed by atoms with van der Waals surface area (Å²) in [7, 11) is -3.87. The molecule has 0 aliphatic rings. The number of nitrogens with one attached hydrogen (secondary N) is 1. The first-order valence-corrected chi connectivity index (χ1v) is 16.2. The van der Waals surface area contributed by atoms with Gasteiger partial charge in [0.15, 0.2) is 0 Å². The molecule has 1 atom stereocenters. The Morgan fingerprint density at radius 1 is 0.857 bits per heavy atom. The molecular weight excluding hydrogens is 570 g/mol. The van der Waals surface area contributed by atoms with E-state index < -0.39 is 28.5 Å². The fourth-order valence-electron chi connectivity index (χ4n) is 4.87. The van der Waals surface area contributed by atoms with E-state index in [1.165, 1.54) is 4.90 Å². The third kappa shape index (κ3) is 8.11. The van der Waals surface area contributed by atoms with Crippen molar-refractivity contribution in [2.75, 3.05) is 23.7 Å². The summed E-state index contributed by atoms with van der Waals surface area (Å²) >= 11 is 6.12. The molecule has 1 N–H and O–H groups in total. The number of carbonyl (C=O) groups is 2. The second-order valence-corrected chi connectivity index (χ2v) is 12.6. The van der Waals surface area contributed by atoms with E-state index in [0.717, 1.165) is 39.9 Å². The Bertz CT molecular complexity index is 1610. The number of rotatable bonds is 13. The zero-order valence-corrected chi connectivity index (χ0v) is 25.4. The zero-order valence-electron chi connectivity index (χ0n) is 23.9. The predicted octanol–water partition coefficient (Wildman–Crippen LogP) is 5.82. The summed E-state index contributed by atoms with van der Waals surface area (Å²) < 4.78 is 27.4. The molecule has 220 valence electrons. The molecule has 0 aliphatic carbocycles. The maximum Gasteiger partial charge on any atom is 0.244 e. The van der Waals surface area contributed by atoms with E-state index in [1.807, 2.05) is 67.6 Å². The van der Waals surface area contributed by atoms with Crippen molar-refractivity contribution in [1.29, 1.82) is 0 Å². The molecule has 0 unspecified atom stereocenters. The van der Waals surface area contributed by atoms with Crippen LogP contribution in [0.4, 0.5) is 5.69 Å². The molecule has 0 radical (unpaired) electrons. The van der Waals surface area contributed by atoms with E-state index in [0.29, 0.717) is 22.6 Å². The molecular formula is C33H36ClN3O4S. The Labute approximate surface area is 253 Å². The van der Waals surface area contributed by atoms with E-state index in [4.69, 9.17) is 11.6 Å². The minimum atomic E-state index is -3.87. The highest BCUT2D eigenvalue weighted by molar-refractivity contribution is 7.92. The number of unbranched alkanes of at least 4 members (excludes halogenated alkanes) is 1. The SMILES string of the molecule is CCCCNC(=O)[C@H](Cc1ccccc1)N(Cc1ccc(Cl)cc1)C(=O)CN(c1cccc2ccccc12)S(C)(=O)=O. The quantitative estimate of drug-likeness (QED) is 0.195. The van der Waals surface area contributed by atoms with Crippen LogP contribution in [0.25, 0.3) is 10.8 Å². The molecule has 9 heteroatoms. The average Bonchev–Trinajstić information content (AvgIpc) is 2.98. The van der Waals surface area contributed by atoms with Crippen LogP contribution in [0.1, 0.15) is 30.9 Å². The zero-order chi connectivity index (χ0) is 30.1. The van der Waals surface area contributed by atoms with Gasteiger partial charge in [0.2, 0.25) is 21.8 Å². The maximum atomic E-state index is 14.3. The van der Waals surface area contributed by atoms with Crippen LogP contribution in [0.2, 0.25) is 5.02 Å². The first kappa shape index (κ1) is 31.1. The van der Waals surface area contributed by atoms with Gasteiger partial charge in [-0.2, -0.15) is 0 Å². The summed E-state index contributed by atoms with van der Waals surface area (Å²) in [5, 5.41) is 5.10. The van der Waals surface area contributed by atoms with Crippen LogP contribution in [-0.2, 0) is 32.6 Å². The third-order valence-electron chi connectivity index (χ3n) is 7.08. The van der Waals surface area contributed by atoms with E-state index in [1.54, 1.807) is 36.4 Å². The van der Waals surface area contributed by atoms with Crippen LogP contribution >= 0.6 is 11.6 Å². The lowest BCUT2D eigenvalue weighted by atomic mass is 10.0. The highest BCUT2D eigenvalue weighted by Gasteiger charge is 2.33. The summed E-state index contributed by atoms with van der Waals surface area (Å²) in [4.78, 5) is 29.4. The van der Waals surface area contributed by atoms with Gasteiger partial charge in [-0.25, -0.2) is 8.42 Å². The van der Waals surface area contributed by atoms with Crippen LogP contribution in [-0.4, -0.2) is 50.5 Å². The fraction of sp³-hybridized carbons (Fsp3) is 0.273. The predicted molar refractivity (Wildman–Crippen MR) is 170 cm³/mol. The molecule has 0 spiro atoms. The molecule has 0 saturated heterocycles. The number of sulfonamides is 1. The van der Waals surface area contributed by atoms with Gasteiger partial charge in [-0.15, -0.1) is 0 Å². The normalized spacial score (nSPS) is 12.1. The number of anilines is 1. The van der Waals surface area contributed by atoms with Gasteiger partial charge >= 0.3 is 0 Å². The van der Waals surface area contributed by atoms with Crippen molar-refractivity contribution in [2.45, 2.75) is 38.8 Å². The average molecular weight is 606 g/mol. The Hall–Kier alpha value is -3.88. The number of fused-ring (bicyclic) bond motifs is 1. The first-order chi connectivity index (χ1) is 20.2. The number of nitrogens with zero attached hydrogens (tertiary/aromatic N) is 2. The molecule has 0 fully saturated rings. The number of halogens is 1. The minimum Gasteiger partial charge on any atom is -0.354 e. The Kier molecular flexibility index (Phi) is 10.6. The Morgan fingerprint density at radius 2 is 1.52 bits per heavy atom. The summed E-state index contributed by atoms with van der Waals surface area (Å²) in [6, 6.07) is 28.5. The van der Waals surface area contributed by atoms with Crippen molar-refractivity contribution in [2.24, 2.45) is 0 Å². The van der Waals surface area contributed by atoms with Crippen molar-refractivity contribution in [3.63, 3.8) is 0 Å². The number of carbonyl (C=O) groups excluding carboxylic acids is 2. The van der Waals surface area contributed by atoms with Crippen molar-refractivity contribution >= 4 is 49.9 Å². The maximum absolute atomic E-state index is 14.3. The summed E-state index contributed by atoms with van der Waals surface area (Å²) in [5.74, 6) is -0.777. The molecule has 0 bridgehead atoms. The van der Waals surface area contributed by atoms with E-state index >= 15 is 0 Å². The molecule has 0 aliphatic heterocycles. The van der Waals surface area contributed by atoms with Gasteiger partial charge in [0, 0.05) is 29.9 Å². The van der Waals surface area contributed by atoms with Crippen LogP contribution in [0.15, 0.2) is 97.1 Å². The molecule has 0 saturated carbocycles. The van der Waals surface area contributed by atoms with Gasteiger partial charge in [0.25, 0.3) is 0 Å². The van der Waals surface area contributed by atoms with Crippen LogP contribution < -0.4 is 9.62 Å². The van der Waals surface area contributed by atoms with Crippen LogP contribution in [0.3, 0.4) is 0 Å². The smallest absolute Gasteiger partial charge is 0.244 e. The van der Waals surface area contributed by atoms with Crippen molar-refractivity contribution in [1.82, 2.24) is 10.2 Å². The molecule has 0 heterocycles. The van der Waals surface area contributed by atoms with Crippen LogP contribution in [0, 0.1) is 0 Å². The largest absolute Gasteiger partial charge is 0.354 e. The van der Waals surface area contributed by atoms with Crippen molar-refractivity contribution in [3.05, 3.63) is 113 Å².